The average molecular weight is 197 g/mol. The van der Waals surface area contributed by atoms with Gasteiger partial charge in [0.2, 0.25) is 0 Å². The standard InChI is InChI=1S/C12H23NO/c1-2-13-12(10-5-3-6-10)11-7-4-8-14-9-11/h10-13H,2-9H2,1H3. The van der Waals surface area contributed by atoms with Gasteiger partial charge in [-0.3, -0.25) is 0 Å². The van der Waals surface area contributed by atoms with Gasteiger partial charge in [-0.05, 0) is 44.1 Å². The van der Waals surface area contributed by atoms with Crippen LogP contribution in [0, 0.1) is 11.8 Å². The molecule has 0 amide bonds. The SMILES string of the molecule is CCNC(C1CCC1)C1CCCOC1. The Kier molecular flexibility index (Phi) is 3.82. The molecule has 0 radical (unpaired) electrons. The lowest BCUT2D eigenvalue weighted by Gasteiger charge is -2.40. The zero-order chi connectivity index (χ0) is 9.80. The number of hydrogen-bond donors (Lipinski definition) is 1. The van der Waals surface area contributed by atoms with E-state index in [1.807, 2.05) is 0 Å². The van der Waals surface area contributed by atoms with Crippen molar-refractivity contribution >= 4 is 0 Å². The van der Waals surface area contributed by atoms with E-state index in [1.54, 1.807) is 0 Å². The van der Waals surface area contributed by atoms with Crippen molar-refractivity contribution in [1.82, 2.24) is 5.32 Å². The third kappa shape index (κ3) is 2.29. The predicted octanol–water partition coefficient (Wildman–Crippen LogP) is 2.19. The van der Waals surface area contributed by atoms with Crippen molar-refractivity contribution < 1.29 is 4.74 Å². The maximum atomic E-state index is 5.59. The van der Waals surface area contributed by atoms with Crippen molar-refractivity contribution in [2.75, 3.05) is 19.8 Å². The zero-order valence-electron chi connectivity index (χ0n) is 9.30. The lowest BCUT2D eigenvalue weighted by molar-refractivity contribution is 0.0195. The van der Waals surface area contributed by atoms with Gasteiger partial charge in [0.05, 0.1) is 6.61 Å². The molecule has 14 heavy (non-hydrogen) atoms. The van der Waals surface area contributed by atoms with Gasteiger partial charge in [-0.2, -0.15) is 0 Å². The third-order valence-electron chi connectivity index (χ3n) is 3.80. The topological polar surface area (TPSA) is 21.3 Å². The fourth-order valence-corrected chi connectivity index (χ4v) is 2.80. The number of nitrogens with one attached hydrogen (secondary N) is 1. The van der Waals surface area contributed by atoms with E-state index >= 15 is 0 Å². The van der Waals surface area contributed by atoms with Gasteiger partial charge in [0.15, 0.2) is 0 Å². The second-order valence-corrected chi connectivity index (χ2v) is 4.75. The summed E-state index contributed by atoms with van der Waals surface area (Å²) in [6, 6.07) is 0.744. The molecule has 1 saturated heterocycles. The fourth-order valence-electron chi connectivity index (χ4n) is 2.80. The van der Waals surface area contributed by atoms with Crippen LogP contribution >= 0.6 is 0 Å². The Morgan fingerprint density at radius 2 is 2.00 bits per heavy atom. The molecule has 0 aromatic carbocycles. The van der Waals surface area contributed by atoms with E-state index in [2.05, 4.69) is 12.2 Å². The molecule has 2 rings (SSSR count). The monoisotopic (exact) mass is 197 g/mol. The molecule has 1 saturated carbocycles. The molecule has 0 aromatic heterocycles. The Hall–Kier alpha value is -0.0800. The van der Waals surface area contributed by atoms with Gasteiger partial charge in [0.1, 0.15) is 0 Å². The van der Waals surface area contributed by atoms with Gasteiger partial charge in [-0.25, -0.2) is 0 Å². The van der Waals surface area contributed by atoms with Crippen molar-refractivity contribution in [2.24, 2.45) is 11.8 Å². The Bertz CT molecular complexity index is 162. The summed E-state index contributed by atoms with van der Waals surface area (Å²) in [7, 11) is 0. The molecule has 0 aromatic rings. The Morgan fingerprint density at radius 3 is 2.50 bits per heavy atom. The van der Waals surface area contributed by atoms with E-state index in [4.69, 9.17) is 4.74 Å². The van der Waals surface area contributed by atoms with E-state index in [9.17, 15) is 0 Å². The summed E-state index contributed by atoms with van der Waals surface area (Å²) in [5.74, 6) is 1.73. The van der Waals surface area contributed by atoms with Crippen LogP contribution in [0.2, 0.25) is 0 Å². The summed E-state index contributed by atoms with van der Waals surface area (Å²) >= 11 is 0. The summed E-state index contributed by atoms with van der Waals surface area (Å²) in [6.07, 6.45) is 6.95. The van der Waals surface area contributed by atoms with Gasteiger partial charge in [-0.15, -0.1) is 0 Å². The molecule has 2 fully saturated rings. The van der Waals surface area contributed by atoms with Crippen LogP contribution in [0.25, 0.3) is 0 Å². The molecular weight excluding hydrogens is 174 g/mol. The molecule has 1 aliphatic heterocycles. The smallest absolute Gasteiger partial charge is 0.0509 e. The number of rotatable bonds is 4. The van der Waals surface area contributed by atoms with E-state index < -0.39 is 0 Å². The third-order valence-corrected chi connectivity index (χ3v) is 3.80. The second-order valence-electron chi connectivity index (χ2n) is 4.75. The second kappa shape index (κ2) is 5.13. The van der Waals surface area contributed by atoms with Crippen LogP contribution < -0.4 is 5.32 Å². The van der Waals surface area contributed by atoms with E-state index in [-0.39, 0.29) is 0 Å². The largest absolute Gasteiger partial charge is 0.381 e. The van der Waals surface area contributed by atoms with E-state index in [0.717, 1.165) is 37.6 Å². The minimum Gasteiger partial charge on any atom is -0.381 e. The molecule has 82 valence electrons. The van der Waals surface area contributed by atoms with Crippen LogP contribution in [0.5, 0.6) is 0 Å². The highest BCUT2D eigenvalue weighted by Gasteiger charge is 2.33. The van der Waals surface area contributed by atoms with Gasteiger partial charge >= 0.3 is 0 Å². The van der Waals surface area contributed by atoms with Crippen LogP contribution in [-0.4, -0.2) is 25.8 Å². The summed E-state index contributed by atoms with van der Waals surface area (Å²) in [6.45, 7) is 5.31. The molecule has 1 N–H and O–H groups in total. The molecule has 2 unspecified atom stereocenters. The molecular formula is C12H23NO. The summed E-state index contributed by atoms with van der Waals surface area (Å²) < 4.78 is 5.59. The van der Waals surface area contributed by atoms with E-state index in [0.29, 0.717) is 0 Å². The minimum atomic E-state index is 0.744. The number of ether oxygens (including phenoxy) is 1. The van der Waals surface area contributed by atoms with Crippen LogP contribution in [0.1, 0.15) is 39.0 Å². The maximum absolute atomic E-state index is 5.59. The zero-order valence-corrected chi connectivity index (χ0v) is 9.30. The molecule has 2 nitrogen and oxygen atoms in total. The summed E-state index contributed by atoms with van der Waals surface area (Å²) in [5.41, 5.74) is 0. The van der Waals surface area contributed by atoms with Gasteiger partial charge < -0.3 is 10.1 Å². The van der Waals surface area contributed by atoms with Crippen molar-refractivity contribution in [3.05, 3.63) is 0 Å². The molecule has 2 heteroatoms. The Balaban J connectivity index is 1.86. The lowest BCUT2D eigenvalue weighted by atomic mass is 9.73. The van der Waals surface area contributed by atoms with Gasteiger partial charge in [0, 0.05) is 12.6 Å². The van der Waals surface area contributed by atoms with Crippen molar-refractivity contribution in [1.29, 1.82) is 0 Å². The number of hydrogen-bond acceptors (Lipinski definition) is 2. The maximum Gasteiger partial charge on any atom is 0.0509 e. The highest BCUT2D eigenvalue weighted by molar-refractivity contribution is 4.88. The quantitative estimate of drug-likeness (QED) is 0.746. The first kappa shape index (κ1) is 10.4. The highest BCUT2D eigenvalue weighted by atomic mass is 16.5. The molecule has 0 spiro atoms. The Labute approximate surface area is 87.4 Å². The van der Waals surface area contributed by atoms with Crippen molar-refractivity contribution in [3.8, 4) is 0 Å². The Morgan fingerprint density at radius 1 is 1.21 bits per heavy atom. The summed E-state index contributed by atoms with van der Waals surface area (Å²) in [4.78, 5) is 0. The van der Waals surface area contributed by atoms with Gasteiger partial charge in [-0.1, -0.05) is 13.3 Å². The highest BCUT2D eigenvalue weighted by Crippen LogP contribution is 2.35. The van der Waals surface area contributed by atoms with Crippen LogP contribution in [0.4, 0.5) is 0 Å². The lowest BCUT2D eigenvalue weighted by Crippen LogP contribution is -2.47. The summed E-state index contributed by atoms with van der Waals surface area (Å²) in [5, 5.41) is 3.67. The van der Waals surface area contributed by atoms with Crippen LogP contribution in [-0.2, 0) is 4.74 Å². The van der Waals surface area contributed by atoms with Crippen LogP contribution in [0.3, 0.4) is 0 Å². The first-order valence-electron chi connectivity index (χ1n) is 6.23. The van der Waals surface area contributed by atoms with Gasteiger partial charge in [0.25, 0.3) is 0 Å². The van der Waals surface area contributed by atoms with Crippen LogP contribution in [0.15, 0.2) is 0 Å². The molecule has 1 heterocycles. The normalized spacial score (nSPS) is 31.1. The average Bonchev–Trinajstić information content (AvgIpc) is 2.16. The minimum absolute atomic E-state index is 0.744. The predicted molar refractivity (Wildman–Crippen MR) is 58.3 cm³/mol. The molecule has 2 atom stereocenters. The molecule has 1 aliphatic carbocycles. The van der Waals surface area contributed by atoms with Crippen molar-refractivity contribution in [3.63, 3.8) is 0 Å². The first-order valence-corrected chi connectivity index (χ1v) is 6.23. The molecule has 0 bridgehead atoms. The van der Waals surface area contributed by atoms with Crippen molar-refractivity contribution in [2.45, 2.75) is 45.1 Å². The fraction of sp³-hybridized carbons (Fsp3) is 1.00. The molecule has 2 aliphatic rings. The van der Waals surface area contributed by atoms with E-state index in [1.165, 1.54) is 32.1 Å². The first-order chi connectivity index (χ1) is 6.92.